The lowest BCUT2D eigenvalue weighted by molar-refractivity contribution is -0.139. The summed E-state index contributed by atoms with van der Waals surface area (Å²) in [6, 6.07) is -1.08. The molecule has 0 radical (unpaired) electrons. The number of carboxylic acids is 1. The molecule has 0 fully saturated rings. The zero-order valence-corrected chi connectivity index (χ0v) is 8.40. The summed E-state index contributed by atoms with van der Waals surface area (Å²) in [5, 5.41) is 12.7. The Morgan fingerprint density at radius 1 is 1.40 bits per heavy atom. The maximum absolute atomic E-state index is 10.8. The molecule has 2 rings (SSSR count). The fourth-order valence-corrected chi connectivity index (χ4v) is 1.95. The minimum atomic E-state index is -1.08. The topological polar surface area (TPSA) is 89.4 Å². The van der Waals surface area contributed by atoms with Gasteiger partial charge in [-0.3, -0.25) is 4.79 Å². The van der Waals surface area contributed by atoms with Gasteiger partial charge in [-0.05, 0) is 25.7 Å². The van der Waals surface area contributed by atoms with Crippen LogP contribution in [-0.4, -0.2) is 16.2 Å². The van der Waals surface area contributed by atoms with Crippen molar-refractivity contribution in [2.24, 2.45) is 5.73 Å². The summed E-state index contributed by atoms with van der Waals surface area (Å²) in [5.74, 6) is -0.738. The Hall–Kier alpha value is -1.36. The van der Waals surface area contributed by atoms with E-state index >= 15 is 0 Å². The molecule has 5 heteroatoms. The van der Waals surface area contributed by atoms with E-state index < -0.39 is 12.0 Å². The van der Waals surface area contributed by atoms with Crippen LogP contribution in [0.15, 0.2) is 4.52 Å². The van der Waals surface area contributed by atoms with E-state index in [1.54, 1.807) is 0 Å². The van der Waals surface area contributed by atoms with Gasteiger partial charge in [0.15, 0.2) is 11.8 Å². The maximum Gasteiger partial charge on any atom is 0.328 e. The highest BCUT2D eigenvalue weighted by Gasteiger charge is 2.26. The first kappa shape index (κ1) is 10.2. The van der Waals surface area contributed by atoms with Crippen LogP contribution in [0.3, 0.4) is 0 Å². The molecule has 1 aromatic heterocycles. The van der Waals surface area contributed by atoms with E-state index in [0.29, 0.717) is 5.76 Å². The molecule has 1 aliphatic carbocycles. The molecule has 0 aromatic carbocycles. The van der Waals surface area contributed by atoms with Crippen molar-refractivity contribution in [3.63, 3.8) is 0 Å². The number of carboxylic acid groups (broad SMARTS) is 1. The number of nitrogens with two attached hydrogens (primary N) is 1. The smallest absolute Gasteiger partial charge is 0.328 e. The second-order valence-corrected chi connectivity index (χ2v) is 3.85. The SMILES string of the molecule is NC(C(=O)O)c1onc2c1CCCCC2. The molecule has 1 aromatic rings. The normalized spacial score (nSPS) is 17.9. The number of hydrogen-bond acceptors (Lipinski definition) is 4. The van der Waals surface area contributed by atoms with Crippen molar-refractivity contribution < 1.29 is 14.4 Å². The van der Waals surface area contributed by atoms with Crippen LogP contribution in [0, 0.1) is 0 Å². The summed E-state index contributed by atoms with van der Waals surface area (Å²) >= 11 is 0. The van der Waals surface area contributed by atoms with Crippen LogP contribution < -0.4 is 5.73 Å². The summed E-state index contributed by atoms with van der Waals surface area (Å²) < 4.78 is 5.04. The summed E-state index contributed by atoms with van der Waals surface area (Å²) in [5.41, 5.74) is 7.33. The van der Waals surface area contributed by atoms with Crippen molar-refractivity contribution in [3.05, 3.63) is 17.0 Å². The van der Waals surface area contributed by atoms with E-state index in [9.17, 15) is 4.79 Å². The largest absolute Gasteiger partial charge is 0.480 e. The van der Waals surface area contributed by atoms with Crippen LogP contribution in [-0.2, 0) is 17.6 Å². The molecular weight excluding hydrogens is 196 g/mol. The third-order valence-corrected chi connectivity index (χ3v) is 2.79. The van der Waals surface area contributed by atoms with Gasteiger partial charge in [-0.2, -0.15) is 0 Å². The first-order chi connectivity index (χ1) is 7.20. The zero-order valence-electron chi connectivity index (χ0n) is 8.40. The number of aryl methyl sites for hydroxylation is 1. The van der Waals surface area contributed by atoms with E-state index in [1.165, 1.54) is 0 Å². The van der Waals surface area contributed by atoms with Crippen molar-refractivity contribution in [2.45, 2.75) is 38.1 Å². The van der Waals surface area contributed by atoms with Crippen LogP contribution in [0.2, 0.25) is 0 Å². The molecule has 1 aliphatic rings. The highest BCUT2D eigenvalue weighted by atomic mass is 16.5. The Labute approximate surface area is 87.2 Å². The fraction of sp³-hybridized carbons (Fsp3) is 0.600. The van der Waals surface area contributed by atoms with E-state index in [4.69, 9.17) is 15.4 Å². The lowest BCUT2D eigenvalue weighted by Crippen LogP contribution is -2.21. The van der Waals surface area contributed by atoms with Gasteiger partial charge in [0, 0.05) is 5.56 Å². The standard InChI is InChI=1S/C10H14N2O3/c11-8(10(13)14)9-6-4-2-1-3-5-7(6)12-15-9/h8H,1-5,11H2,(H,13,14). The lowest BCUT2D eigenvalue weighted by atomic mass is 10.0. The quantitative estimate of drug-likeness (QED) is 0.711. The average molecular weight is 210 g/mol. The number of nitrogens with zero attached hydrogens (tertiary/aromatic N) is 1. The zero-order chi connectivity index (χ0) is 10.8. The molecule has 82 valence electrons. The predicted molar refractivity (Wildman–Crippen MR) is 52.3 cm³/mol. The van der Waals surface area contributed by atoms with Gasteiger partial charge in [-0.25, -0.2) is 0 Å². The fourth-order valence-electron chi connectivity index (χ4n) is 1.95. The van der Waals surface area contributed by atoms with Gasteiger partial charge >= 0.3 is 5.97 Å². The molecular formula is C10H14N2O3. The minimum absolute atomic E-state index is 0.333. The van der Waals surface area contributed by atoms with Crippen molar-refractivity contribution in [3.8, 4) is 0 Å². The molecule has 0 bridgehead atoms. The Balaban J connectivity index is 2.33. The maximum atomic E-state index is 10.8. The summed E-state index contributed by atoms with van der Waals surface area (Å²) in [6.45, 7) is 0. The lowest BCUT2D eigenvalue weighted by Gasteiger charge is -2.04. The second kappa shape index (κ2) is 4.02. The minimum Gasteiger partial charge on any atom is -0.480 e. The summed E-state index contributed by atoms with van der Waals surface area (Å²) in [4.78, 5) is 10.8. The van der Waals surface area contributed by atoms with Crippen LogP contribution in [0.4, 0.5) is 0 Å². The van der Waals surface area contributed by atoms with Crippen molar-refractivity contribution in [2.75, 3.05) is 0 Å². The van der Waals surface area contributed by atoms with Gasteiger partial charge in [0.1, 0.15) is 0 Å². The monoisotopic (exact) mass is 210 g/mol. The average Bonchev–Trinajstić information content (AvgIpc) is 2.46. The molecule has 0 amide bonds. The molecule has 1 unspecified atom stereocenters. The van der Waals surface area contributed by atoms with E-state index in [-0.39, 0.29) is 0 Å². The van der Waals surface area contributed by atoms with E-state index in [1.807, 2.05) is 0 Å². The molecule has 0 aliphatic heterocycles. The Morgan fingerprint density at radius 3 is 2.87 bits per heavy atom. The van der Waals surface area contributed by atoms with Crippen LogP contribution in [0.5, 0.6) is 0 Å². The molecule has 0 spiro atoms. The third-order valence-electron chi connectivity index (χ3n) is 2.79. The number of aromatic nitrogens is 1. The highest BCUT2D eigenvalue weighted by Crippen LogP contribution is 2.26. The molecule has 5 nitrogen and oxygen atoms in total. The first-order valence-corrected chi connectivity index (χ1v) is 5.16. The van der Waals surface area contributed by atoms with Crippen molar-refractivity contribution in [1.29, 1.82) is 0 Å². The van der Waals surface area contributed by atoms with E-state index in [2.05, 4.69) is 5.16 Å². The Bertz CT molecular complexity index is 373. The molecule has 15 heavy (non-hydrogen) atoms. The van der Waals surface area contributed by atoms with E-state index in [0.717, 1.165) is 43.4 Å². The molecule has 0 saturated heterocycles. The first-order valence-electron chi connectivity index (χ1n) is 5.16. The number of carbonyl (C=O) groups is 1. The van der Waals surface area contributed by atoms with Crippen LogP contribution in [0.25, 0.3) is 0 Å². The Morgan fingerprint density at radius 2 is 2.13 bits per heavy atom. The molecule has 1 atom stereocenters. The number of hydrogen-bond donors (Lipinski definition) is 2. The number of rotatable bonds is 2. The predicted octanol–water partition coefficient (Wildman–Crippen LogP) is 1.03. The summed E-state index contributed by atoms with van der Waals surface area (Å²) in [6.07, 6.45) is 4.98. The van der Waals surface area contributed by atoms with Gasteiger partial charge in [0.05, 0.1) is 5.69 Å². The number of fused-ring (bicyclic) bond motifs is 1. The molecule has 0 saturated carbocycles. The van der Waals surface area contributed by atoms with Gasteiger partial charge in [0.2, 0.25) is 0 Å². The van der Waals surface area contributed by atoms with Gasteiger partial charge in [-0.1, -0.05) is 11.6 Å². The highest BCUT2D eigenvalue weighted by molar-refractivity contribution is 5.74. The van der Waals surface area contributed by atoms with Crippen LogP contribution in [0.1, 0.15) is 42.3 Å². The second-order valence-electron chi connectivity index (χ2n) is 3.85. The molecule has 3 N–H and O–H groups in total. The van der Waals surface area contributed by atoms with Crippen LogP contribution >= 0.6 is 0 Å². The molecule has 1 heterocycles. The number of aliphatic carboxylic acids is 1. The van der Waals surface area contributed by atoms with Gasteiger partial charge < -0.3 is 15.4 Å². The van der Waals surface area contributed by atoms with Crippen molar-refractivity contribution >= 4 is 5.97 Å². The summed E-state index contributed by atoms with van der Waals surface area (Å²) in [7, 11) is 0. The van der Waals surface area contributed by atoms with Gasteiger partial charge in [0.25, 0.3) is 0 Å². The van der Waals surface area contributed by atoms with Crippen molar-refractivity contribution in [1.82, 2.24) is 5.16 Å². The van der Waals surface area contributed by atoms with Gasteiger partial charge in [-0.15, -0.1) is 0 Å². The Kier molecular flexibility index (Phi) is 2.73. The third kappa shape index (κ3) is 1.87.